The quantitative estimate of drug-likeness (QED) is 0.868. The van der Waals surface area contributed by atoms with Crippen molar-refractivity contribution in [1.29, 1.82) is 0 Å². The van der Waals surface area contributed by atoms with Gasteiger partial charge in [-0.25, -0.2) is 0 Å². The van der Waals surface area contributed by atoms with Gasteiger partial charge in [-0.3, -0.25) is 14.7 Å². The lowest BCUT2D eigenvalue weighted by Crippen LogP contribution is -2.18. The maximum absolute atomic E-state index is 4.42. The summed E-state index contributed by atoms with van der Waals surface area (Å²) in [6.45, 7) is 3.38. The molecular weight excluding hydrogens is 214 g/mol. The third-order valence-electron chi connectivity index (χ3n) is 3.28. The first-order valence-corrected chi connectivity index (χ1v) is 6.07. The van der Waals surface area contributed by atoms with Crippen molar-refractivity contribution < 1.29 is 0 Å². The summed E-state index contributed by atoms with van der Waals surface area (Å²) in [4.78, 5) is 2.47. The van der Waals surface area contributed by atoms with Gasteiger partial charge in [0.1, 0.15) is 5.69 Å². The van der Waals surface area contributed by atoms with Crippen molar-refractivity contribution >= 4 is 0 Å². The zero-order valence-electron chi connectivity index (χ0n) is 10.1. The summed E-state index contributed by atoms with van der Waals surface area (Å²) in [5.74, 6) is 0. The molecule has 0 spiro atoms. The maximum atomic E-state index is 4.42. The third kappa shape index (κ3) is 2.10. The molecule has 1 aliphatic rings. The Morgan fingerprint density at radius 1 is 1.35 bits per heavy atom. The van der Waals surface area contributed by atoms with Gasteiger partial charge in [-0.2, -0.15) is 10.2 Å². The Morgan fingerprint density at radius 2 is 2.18 bits per heavy atom. The van der Waals surface area contributed by atoms with Crippen molar-refractivity contribution in [1.82, 2.24) is 24.9 Å². The van der Waals surface area contributed by atoms with E-state index < -0.39 is 0 Å². The van der Waals surface area contributed by atoms with Crippen molar-refractivity contribution in [2.24, 2.45) is 7.05 Å². The van der Waals surface area contributed by atoms with Crippen molar-refractivity contribution in [3.8, 4) is 11.4 Å². The Morgan fingerprint density at radius 3 is 2.88 bits per heavy atom. The predicted molar refractivity (Wildman–Crippen MR) is 65.3 cm³/mol. The standard InChI is InChI=1S/C12H17N5/c1-16-7-4-11(15-16)12-10(8-13-14-12)9-17-5-2-3-6-17/h4,7-8H,2-3,5-6,9H2,1H3,(H,13,14). The van der Waals surface area contributed by atoms with Crippen LogP contribution < -0.4 is 0 Å². The van der Waals surface area contributed by atoms with Crippen LogP contribution in [0.4, 0.5) is 0 Å². The molecule has 0 aliphatic carbocycles. The summed E-state index contributed by atoms with van der Waals surface area (Å²) < 4.78 is 1.82. The van der Waals surface area contributed by atoms with Crippen LogP contribution in [0.5, 0.6) is 0 Å². The number of aromatic amines is 1. The number of H-pyrrole nitrogens is 1. The van der Waals surface area contributed by atoms with E-state index in [1.165, 1.54) is 31.5 Å². The molecule has 0 radical (unpaired) electrons. The Bertz CT molecular complexity index is 492. The molecule has 0 aromatic carbocycles. The molecular formula is C12H17N5. The van der Waals surface area contributed by atoms with Crippen LogP contribution in [-0.2, 0) is 13.6 Å². The van der Waals surface area contributed by atoms with Crippen LogP contribution in [0.15, 0.2) is 18.5 Å². The number of likely N-dealkylation sites (tertiary alicyclic amines) is 1. The van der Waals surface area contributed by atoms with Crippen LogP contribution in [0.3, 0.4) is 0 Å². The van der Waals surface area contributed by atoms with Crippen LogP contribution in [0.1, 0.15) is 18.4 Å². The average Bonchev–Trinajstić information content (AvgIpc) is 2.99. The summed E-state index contributed by atoms with van der Waals surface area (Å²) in [6.07, 6.45) is 6.51. The smallest absolute Gasteiger partial charge is 0.110 e. The highest BCUT2D eigenvalue weighted by Gasteiger charge is 2.16. The molecule has 1 N–H and O–H groups in total. The van der Waals surface area contributed by atoms with Gasteiger partial charge in [0.05, 0.1) is 11.9 Å². The third-order valence-corrected chi connectivity index (χ3v) is 3.28. The number of hydrogen-bond donors (Lipinski definition) is 1. The summed E-state index contributed by atoms with van der Waals surface area (Å²) in [5, 5.41) is 11.6. The zero-order chi connectivity index (χ0) is 11.7. The summed E-state index contributed by atoms with van der Waals surface area (Å²) in [6, 6.07) is 2.01. The van der Waals surface area contributed by atoms with Gasteiger partial charge in [-0.1, -0.05) is 0 Å². The molecule has 0 bridgehead atoms. The van der Waals surface area contributed by atoms with Gasteiger partial charge in [0.25, 0.3) is 0 Å². The van der Waals surface area contributed by atoms with Crippen molar-refractivity contribution in [2.75, 3.05) is 13.1 Å². The van der Waals surface area contributed by atoms with E-state index in [1.54, 1.807) is 0 Å². The van der Waals surface area contributed by atoms with E-state index in [1.807, 2.05) is 30.2 Å². The molecule has 17 heavy (non-hydrogen) atoms. The van der Waals surface area contributed by atoms with Gasteiger partial charge in [-0.05, 0) is 32.0 Å². The number of rotatable bonds is 3. The fraction of sp³-hybridized carbons (Fsp3) is 0.500. The van der Waals surface area contributed by atoms with E-state index in [4.69, 9.17) is 0 Å². The average molecular weight is 231 g/mol. The molecule has 5 heteroatoms. The van der Waals surface area contributed by atoms with Gasteiger partial charge in [-0.15, -0.1) is 0 Å². The first kappa shape index (κ1) is 10.5. The molecule has 3 rings (SSSR count). The number of aromatic nitrogens is 4. The van der Waals surface area contributed by atoms with E-state index in [-0.39, 0.29) is 0 Å². The van der Waals surface area contributed by atoms with Gasteiger partial charge in [0.15, 0.2) is 0 Å². The minimum Gasteiger partial charge on any atom is -0.299 e. The second-order valence-corrected chi connectivity index (χ2v) is 4.63. The largest absolute Gasteiger partial charge is 0.299 e. The molecule has 0 saturated carbocycles. The van der Waals surface area contributed by atoms with E-state index in [9.17, 15) is 0 Å². The Balaban J connectivity index is 1.83. The zero-order valence-corrected chi connectivity index (χ0v) is 10.1. The van der Waals surface area contributed by atoms with E-state index in [2.05, 4.69) is 20.2 Å². The van der Waals surface area contributed by atoms with Crippen LogP contribution in [-0.4, -0.2) is 38.0 Å². The molecule has 0 unspecified atom stereocenters. The molecule has 0 atom stereocenters. The molecule has 1 fully saturated rings. The van der Waals surface area contributed by atoms with Crippen LogP contribution in [0.2, 0.25) is 0 Å². The molecule has 1 aliphatic heterocycles. The molecule has 1 saturated heterocycles. The summed E-state index contributed by atoms with van der Waals surface area (Å²) >= 11 is 0. The van der Waals surface area contributed by atoms with Gasteiger partial charge in [0, 0.05) is 25.4 Å². The molecule has 3 heterocycles. The fourth-order valence-electron chi connectivity index (χ4n) is 2.38. The van der Waals surface area contributed by atoms with E-state index in [0.29, 0.717) is 0 Å². The van der Waals surface area contributed by atoms with E-state index >= 15 is 0 Å². The van der Waals surface area contributed by atoms with Crippen LogP contribution in [0, 0.1) is 0 Å². The Kier molecular flexibility index (Phi) is 2.68. The summed E-state index contributed by atoms with van der Waals surface area (Å²) in [7, 11) is 1.93. The minimum absolute atomic E-state index is 0.971. The van der Waals surface area contributed by atoms with Gasteiger partial charge < -0.3 is 0 Å². The lowest BCUT2D eigenvalue weighted by atomic mass is 10.2. The molecule has 5 nitrogen and oxygen atoms in total. The van der Waals surface area contributed by atoms with Crippen molar-refractivity contribution in [2.45, 2.75) is 19.4 Å². The topological polar surface area (TPSA) is 49.7 Å². The molecule has 90 valence electrons. The Labute approximate surface area is 100 Å². The fourth-order valence-corrected chi connectivity index (χ4v) is 2.38. The maximum Gasteiger partial charge on any atom is 0.110 e. The van der Waals surface area contributed by atoms with Gasteiger partial charge in [0.2, 0.25) is 0 Å². The highest BCUT2D eigenvalue weighted by molar-refractivity contribution is 5.57. The normalized spacial score (nSPS) is 16.8. The number of hydrogen-bond acceptors (Lipinski definition) is 3. The first-order chi connectivity index (χ1) is 8.33. The first-order valence-electron chi connectivity index (χ1n) is 6.07. The molecule has 0 amide bonds. The van der Waals surface area contributed by atoms with Crippen molar-refractivity contribution in [3.63, 3.8) is 0 Å². The number of aryl methyl sites for hydroxylation is 1. The predicted octanol–water partition coefficient (Wildman–Crippen LogP) is 1.41. The van der Waals surface area contributed by atoms with Crippen LogP contribution in [0.25, 0.3) is 11.4 Å². The monoisotopic (exact) mass is 231 g/mol. The highest BCUT2D eigenvalue weighted by atomic mass is 15.3. The highest BCUT2D eigenvalue weighted by Crippen LogP contribution is 2.21. The Hall–Kier alpha value is -1.62. The lowest BCUT2D eigenvalue weighted by molar-refractivity contribution is 0.332. The lowest BCUT2D eigenvalue weighted by Gasteiger charge is -2.13. The minimum atomic E-state index is 0.971. The van der Waals surface area contributed by atoms with Crippen molar-refractivity contribution in [3.05, 3.63) is 24.0 Å². The number of nitrogens with one attached hydrogen (secondary N) is 1. The molecule has 2 aromatic rings. The second kappa shape index (κ2) is 4.33. The number of nitrogens with zero attached hydrogens (tertiary/aromatic N) is 4. The molecule has 2 aromatic heterocycles. The summed E-state index contributed by atoms with van der Waals surface area (Å²) in [5.41, 5.74) is 3.27. The van der Waals surface area contributed by atoms with E-state index in [0.717, 1.165) is 17.9 Å². The SMILES string of the molecule is Cn1ccc(-c2[nH]ncc2CN2CCCC2)n1. The van der Waals surface area contributed by atoms with Crippen LogP contribution >= 0.6 is 0 Å². The second-order valence-electron chi connectivity index (χ2n) is 4.63. The van der Waals surface area contributed by atoms with Gasteiger partial charge >= 0.3 is 0 Å².